The van der Waals surface area contributed by atoms with E-state index in [-0.39, 0.29) is 0 Å². The minimum atomic E-state index is 0.676. The van der Waals surface area contributed by atoms with Gasteiger partial charge < -0.3 is 10.2 Å². The molecule has 1 N–H and O–H groups in total. The third-order valence-corrected chi connectivity index (χ3v) is 1.95. The van der Waals surface area contributed by atoms with Crippen LogP contribution in [0.2, 0.25) is 0 Å². The van der Waals surface area contributed by atoms with Crippen molar-refractivity contribution in [2.45, 2.75) is 13.8 Å². The summed E-state index contributed by atoms with van der Waals surface area (Å²) >= 11 is 5.59. The third kappa shape index (κ3) is 6.65. The fraction of sp³-hybridized carbons (Fsp3) is 0.778. The summed E-state index contributed by atoms with van der Waals surface area (Å²) in [6, 6.07) is 0. The fourth-order valence-electron chi connectivity index (χ4n) is 1.00. The van der Waals surface area contributed by atoms with Gasteiger partial charge in [-0.1, -0.05) is 32.0 Å². The van der Waals surface area contributed by atoms with Crippen molar-refractivity contribution in [3.63, 3.8) is 0 Å². The Hall–Kier alpha value is -0.0500. The topological polar surface area (TPSA) is 15.3 Å². The van der Waals surface area contributed by atoms with Gasteiger partial charge in [-0.3, -0.25) is 0 Å². The number of likely N-dealkylation sites (N-methyl/N-ethyl adjacent to an activating group) is 1. The van der Waals surface area contributed by atoms with Crippen molar-refractivity contribution in [1.29, 1.82) is 0 Å². The quantitative estimate of drug-likeness (QED) is 0.615. The number of nitrogens with one attached hydrogen (secondary N) is 1. The average Bonchev–Trinajstić information content (AvgIpc) is 2.04. The monoisotopic (exact) mass is 190 g/mol. The van der Waals surface area contributed by atoms with E-state index in [0.29, 0.717) is 11.6 Å². The molecule has 0 atom stereocenters. The summed E-state index contributed by atoms with van der Waals surface area (Å²) in [5.74, 6) is 0. The maximum atomic E-state index is 5.59. The average molecular weight is 191 g/mol. The molecule has 0 rings (SSSR count). The second-order valence-corrected chi connectivity index (χ2v) is 3.26. The van der Waals surface area contributed by atoms with Gasteiger partial charge in [0.2, 0.25) is 0 Å². The Morgan fingerprint density at radius 3 is 2.42 bits per heavy atom. The van der Waals surface area contributed by atoms with Crippen molar-refractivity contribution in [1.82, 2.24) is 10.2 Å². The first kappa shape index (κ1) is 11.9. The van der Waals surface area contributed by atoms with Crippen LogP contribution in [0.3, 0.4) is 0 Å². The number of hydrogen-bond donors (Lipinski definition) is 1. The minimum absolute atomic E-state index is 0.676. The molecule has 0 aromatic rings. The van der Waals surface area contributed by atoms with Gasteiger partial charge in [-0.2, -0.15) is 0 Å². The molecule has 0 aliphatic carbocycles. The lowest BCUT2D eigenvalue weighted by molar-refractivity contribution is 0.304. The van der Waals surface area contributed by atoms with Crippen molar-refractivity contribution in [2.75, 3.05) is 32.7 Å². The molecule has 0 aromatic heterocycles. The number of halogens is 1. The first-order valence-electron chi connectivity index (χ1n) is 4.47. The SMILES string of the molecule is C=C(Cl)CNCCN(CC)CC. The van der Waals surface area contributed by atoms with Gasteiger partial charge in [0.1, 0.15) is 0 Å². The lowest BCUT2D eigenvalue weighted by atomic mass is 10.4. The Labute approximate surface area is 80.6 Å². The molecule has 72 valence electrons. The molecule has 0 saturated carbocycles. The molecular formula is C9H19ClN2. The summed E-state index contributed by atoms with van der Waals surface area (Å²) in [4.78, 5) is 2.37. The predicted octanol–water partition coefficient (Wildman–Crippen LogP) is 1.67. The lowest BCUT2D eigenvalue weighted by Crippen LogP contribution is -2.32. The van der Waals surface area contributed by atoms with Crippen LogP contribution in [0, 0.1) is 0 Å². The van der Waals surface area contributed by atoms with E-state index in [1.54, 1.807) is 0 Å². The van der Waals surface area contributed by atoms with Crippen molar-refractivity contribution in [2.24, 2.45) is 0 Å². The zero-order valence-electron chi connectivity index (χ0n) is 8.07. The molecule has 0 aliphatic rings. The van der Waals surface area contributed by atoms with E-state index in [1.807, 2.05) is 0 Å². The van der Waals surface area contributed by atoms with Gasteiger partial charge in [-0.05, 0) is 13.1 Å². The highest BCUT2D eigenvalue weighted by molar-refractivity contribution is 6.29. The molecule has 12 heavy (non-hydrogen) atoms. The normalized spacial score (nSPS) is 10.7. The van der Waals surface area contributed by atoms with Crippen molar-refractivity contribution in [3.05, 3.63) is 11.6 Å². The Kier molecular flexibility index (Phi) is 7.56. The Morgan fingerprint density at radius 2 is 2.00 bits per heavy atom. The molecule has 0 aromatic carbocycles. The van der Waals surface area contributed by atoms with Crippen LogP contribution < -0.4 is 5.32 Å². The standard InChI is InChI=1S/C9H19ClN2/c1-4-12(5-2)7-6-11-8-9(3)10/h11H,3-8H2,1-2H3. The lowest BCUT2D eigenvalue weighted by Gasteiger charge is -2.17. The van der Waals surface area contributed by atoms with Gasteiger partial charge >= 0.3 is 0 Å². The number of rotatable bonds is 7. The largest absolute Gasteiger partial charge is 0.311 e. The predicted molar refractivity (Wildman–Crippen MR) is 55.7 cm³/mol. The summed E-state index contributed by atoms with van der Waals surface area (Å²) in [5, 5.41) is 3.89. The van der Waals surface area contributed by atoms with Crippen LogP contribution in [-0.2, 0) is 0 Å². The second-order valence-electron chi connectivity index (χ2n) is 2.72. The maximum Gasteiger partial charge on any atom is 0.0307 e. The van der Waals surface area contributed by atoms with E-state index in [2.05, 4.69) is 30.6 Å². The van der Waals surface area contributed by atoms with Gasteiger partial charge in [-0.15, -0.1) is 0 Å². The van der Waals surface area contributed by atoms with Crippen LogP contribution in [-0.4, -0.2) is 37.6 Å². The van der Waals surface area contributed by atoms with Crippen LogP contribution in [0.15, 0.2) is 11.6 Å². The number of hydrogen-bond acceptors (Lipinski definition) is 2. The van der Waals surface area contributed by atoms with Crippen LogP contribution >= 0.6 is 11.6 Å². The number of nitrogens with zero attached hydrogens (tertiary/aromatic N) is 1. The third-order valence-electron chi connectivity index (χ3n) is 1.82. The van der Waals surface area contributed by atoms with E-state index < -0.39 is 0 Å². The molecule has 2 nitrogen and oxygen atoms in total. The van der Waals surface area contributed by atoms with Crippen molar-refractivity contribution in [3.8, 4) is 0 Å². The van der Waals surface area contributed by atoms with Crippen LogP contribution in [0.4, 0.5) is 0 Å². The molecule has 0 amide bonds. The molecule has 0 bridgehead atoms. The van der Waals surface area contributed by atoms with Gasteiger partial charge in [0, 0.05) is 24.7 Å². The highest BCUT2D eigenvalue weighted by Gasteiger charge is 1.96. The van der Waals surface area contributed by atoms with Crippen LogP contribution in [0.25, 0.3) is 0 Å². The van der Waals surface area contributed by atoms with Gasteiger partial charge in [0.05, 0.1) is 0 Å². The van der Waals surface area contributed by atoms with E-state index >= 15 is 0 Å². The van der Waals surface area contributed by atoms with Crippen molar-refractivity contribution >= 4 is 11.6 Å². The molecule has 0 radical (unpaired) electrons. The van der Waals surface area contributed by atoms with Gasteiger partial charge in [0.25, 0.3) is 0 Å². The molecule has 0 unspecified atom stereocenters. The minimum Gasteiger partial charge on any atom is -0.311 e. The van der Waals surface area contributed by atoms with E-state index in [0.717, 1.165) is 26.2 Å². The van der Waals surface area contributed by atoms with Crippen molar-refractivity contribution < 1.29 is 0 Å². The summed E-state index contributed by atoms with van der Waals surface area (Å²) in [6.07, 6.45) is 0. The summed E-state index contributed by atoms with van der Waals surface area (Å²) in [6.45, 7) is 12.9. The summed E-state index contributed by atoms with van der Waals surface area (Å²) < 4.78 is 0. The first-order chi connectivity index (χ1) is 5.70. The molecule has 0 spiro atoms. The van der Waals surface area contributed by atoms with E-state index in [9.17, 15) is 0 Å². The Bertz CT molecular complexity index is 122. The molecule has 0 aliphatic heterocycles. The second kappa shape index (κ2) is 7.59. The summed E-state index contributed by atoms with van der Waals surface area (Å²) in [7, 11) is 0. The molecular weight excluding hydrogens is 172 g/mol. The maximum absolute atomic E-state index is 5.59. The first-order valence-corrected chi connectivity index (χ1v) is 4.84. The van der Waals surface area contributed by atoms with E-state index in [4.69, 9.17) is 11.6 Å². The highest BCUT2D eigenvalue weighted by atomic mass is 35.5. The Morgan fingerprint density at radius 1 is 1.42 bits per heavy atom. The summed E-state index contributed by atoms with van der Waals surface area (Å²) in [5.41, 5.74) is 0. The highest BCUT2D eigenvalue weighted by Crippen LogP contribution is 1.91. The van der Waals surface area contributed by atoms with Gasteiger partial charge in [-0.25, -0.2) is 0 Å². The fourth-order valence-corrected chi connectivity index (χ4v) is 1.10. The molecule has 3 heteroatoms. The smallest absolute Gasteiger partial charge is 0.0307 e. The zero-order valence-corrected chi connectivity index (χ0v) is 8.82. The van der Waals surface area contributed by atoms with Crippen LogP contribution in [0.1, 0.15) is 13.8 Å². The molecule has 0 fully saturated rings. The van der Waals surface area contributed by atoms with Gasteiger partial charge in [0.15, 0.2) is 0 Å². The molecule has 0 saturated heterocycles. The Balaban J connectivity index is 3.23. The molecule has 0 heterocycles. The zero-order chi connectivity index (χ0) is 9.40. The van der Waals surface area contributed by atoms with E-state index in [1.165, 1.54) is 0 Å². The van der Waals surface area contributed by atoms with Crippen LogP contribution in [0.5, 0.6) is 0 Å².